The van der Waals surface area contributed by atoms with Crippen molar-refractivity contribution in [3.8, 4) is 0 Å². The van der Waals surface area contributed by atoms with Crippen molar-refractivity contribution in [3.05, 3.63) is 0 Å². The van der Waals surface area contributed by atoms with Crippen LogP contribution in [-0.2, 0) is 9.59 Å². The van der Waals surface area contributed by atoms with Crippen molar-refractivity contribution in [1.29, 1.82) is 0 Å². The summed E-state index contributed by atoms with van der Waals surface area (Å²) < 4.78 is 0. The molecule has 1 aliphatic carbocycles. The molecule has 0 heterocycles. The first-order valence-corrected chi connectivity index (χ1v) is 6.88. The van der Waals surface area contributed by atoms with E-state index in [1.165, 1.54) is 12.8 Å². The van der Waals surface area contributed by atoms with E-state index in [1.807, 2.05) is 0 Å². The molecule has 0 aromatic carbocycles. The monoisotopic (exact) mass is 255 g/mol. The summed E-state index contributed by atoms with van der Waals surface area (Å²) in [7, 11) is 0. The highest BCUT2D eigenvalue weighted by Gasteiger charge is 2.19. The van der Waals surface area contributed by atoms with Gasteiger partial charge in [-0.05, 0) is 31.6 Å². The highest BCUT2D eigenvalue weighted by molar-refractivity contribution is 5.76. The second kappa shape index (κ2) is 8.08. The van der Waals surface area contributed by atoms with Gasteiger partial charge in [-0.3, -0.25) is 9.59 Å². The molecule has 5 nitrogen and oxygen atoms in total. The van der Waals surface area contributed by atoms with Crippen molar-refractivity contribution in [2.45, 2.75) is 57.4 Å². The van der Waals surface area contributed by atoms with Gasteiger partial charge >= 0.3 is 0 Å². The molecule has 0 aromatic heterocycles. The number of carbonyl (C=O) groups is 2. The molecular weight excluding hydrogens is 230 g/mol. The van der Waals surface area contributed by atoms with Crippen molar-refractivity contribution in [3.63, 3.8) is 0 Å². The van der Waals surface area contributed by atoms with Gasteiger partial charge in [0, 0.05) is 25.4 Å². The lowest BCUT2D eigenvalue weighted by Crippen LogP contribution is -2.29. The van der Waals surface area contributed by atoms with Crippen LogP contribution in [0.1, 0.15) is 51.4 Å². The zero-order chi connectivity index (χ0) is 13.4. The smallest absolute Gasteiger partial charge is 0.220 e. The van der Waals surface area contributed by atoms with Crippen LogP contribution in [0.2, 0.25) is 0 Å². The van der Waals surface area contributed by atoms with E-state index in [-0.39, 0.29) is 11.8 Å². The Kier molecular flexibility index (Phi) is 6.72. The molecule has 1 aliphatic rings. The minimum atomic E-state index is -0.319. The molecule has 5 heteroatoms. The molecule has 5 N–H and O–H groups in total. The SMILES string of the molecule is NC(=O)CCCNC(=O)CCC1CCCC(N)C1. The summed E-state index contributed by atoms with van der Waals surface area (Å²) in [6, 6.07) is 0.322. The lowest BCUT2D eigenvalue weighted by Gasteiger charge is -2.26. The van der Waals surface area contributed by atoms with Crippen molar-refractivity contribution >= 4 is 11.8 Å². The summed E-state index contributed by atoms with van der Waals surface area (Å²) >= 11 is 0. The summed E-state index contributed by atoms with van der Waals surface area (Å²) in [5.74, 6) is 0.351. The third kappa shape index (κ3) is 6.59. The normalized spacial score (nSPS) is 23.6. The van der Waals surface area contributed by atoms with Crippen LogP contribution in [0.5, 0.6) is 0 Å². The topological polar surface area (TPSA) is 98.2 Å². The summed E-state index contributed by atoms with van der Waals surface area (Å²) in [6.45, 7) is 0.534. The van der Waals surface area contributed by atoms with E-state index in [2.05, 4.69) is 5.32 Å². The number of amides is 2. The highest BCUT2D eigenvalue weighted by atomic mass is 16.2. The lowest BCUT2D eigenvalue weighted by atomic mass is 9.83. The predicted octanol–water partition coefficient (Wildman–Crippen LogP) is 0.666. The van der Waals surface area contributed by atoms with Gasteiger partial charge in [-0.25, -0.2) is 0 Å². The van der Waals surface area contributed by atoms with Gasteiger partial charge < -0.3 is 16.8 Å². The summed E-state index contributed by atoms with van der Waals surface area (Å²) in [4.78, 5) is 22.1. The first kappa shape index (κ1) is 15.0. The van der Waals surface area contributed by atoms with Crippen LogP contribution >= 0.6 is 0 Å². The number of primary amides is 1. The lowest BCUT2D eigenvalue weighted by molar-refractivity contribution is -0.122. The molecule has 0 radical (unpaired) electrons. The van der Waals surface area contributed by atoms with Crippen LogP contribution in [0.3, 0.4) is 0 Å². The predicted molar refractivity (Wildman–Crippen MR) is 70.6 cm³/mol. The Morgan fingerprint density at radius 2 is 2.00 bits per heavy atom. The molecule has 104 valence electrons. The first-order chi connectivity index (χ1) is 8.58. The van der Waals surface area contributed by atoms with Gasteiger partial charge in [0.2, 0.25) is 11.8 Å². The van der Waals surface area contributed by atoms with Crippen molar-refractivity contribution in [1.82, 2.24) is 5.32 Å². The Morgan fingerprint density at radius 3 is 2.67 bits per heavy atom. The van der Waals surface area contributed by atoms with Crippen molar-refractivity contribution < 1.29 is 9.59 Å². The van der Waals surface area contributed by atoms with Crippen LogP contribution in [0.25, 0.3) is 0 Å². The minimum absolute atomic E-state index is 0.0682. The average Bonchev–Trinajstić information content (AvgIpc) is 2.32. The molecule has 1 saturated carbocycles. The van der Waals surface area contributed by atoms with Gasteiger partial charge in [0.25, 0.3) is 0 Å². The fourth-order valence-electron chi connectivity index (χ4n) is 2.51. The van der Waals surface area contributed by atoms with E-state index >= 15 is 0 Å². The van der Waals surface area contributed by atoms with E-state index < -0.39 is 0 Å². The van der Waals surface area contributed by atoms with Gasteiger partial charge in [-0.15, -0.1) is 0 Å². The number of rotatable bonds is 7. The molecule has 18 heavy (non-hydrogen) atoms. The first-order valence-electron chi connectivity index (χ1n) is 6.88. The van der Waals surface area contributed by atoms with E-state index in [1.54, 1.807) is 0 Å². The molecule has 2 amide bonds. The quantitative estimate of drug-likeness (QED) is 0.583. The molecule has 0 spiro atoms. The molecule has 2 unspecified atom stereocenters. The molecule has 2 atom stereocenters. The largest absolute Gasteiger partial charge is 0.370 e. The maximum Gasteiger partial charge on any atom is 0.220 e. The Hall–Kier alpha value is -1.10. The fraction of sp³-hybridized carbons (Fsp3) is 0.846. The number of nitrogens with one attached hydrogen (secondary N) is 1. The second-order valence-corrected chi connectivity index (χ2v) is 5.25. The Balaban J connectivity index is 2.04. The summed E-state index contributed by atoms with van der Waals surface area (Å²) in [6.07, 6.45) is 7.00. The van der Waals surface area contributed by atoms with E-state index in [0.717, 1.165) is 19.3 Å². The van der Waals surface area contributed by atoms with Crippen LogP contribution in [0, 0.1) is 5.92 Å². The fourth-order valence-corrected chi connectivity index (χ4v) is 2.51. The minimum Gasteiger partial charge on any atom is -0.370 e. The summed E-state index contributed by atoms with van der Waals surface area (Å²) in [5, 5.41) is 2.81. The maximum atomic E-state index is 11.6. The highest BCUT2D eigenvalue weighted by Crippen LogP contribution is 2.26. The van der Waals surface area contributed by atoms with Gasteiger partial charge in [-0.1, -0.05) is 12.8 Å². The van der Waals surface area contributed by atoms with Gasteiger partial charge in [0.05, 0.1) is 0 Å². The number of hydrogen-bond acceptors (Lipinski definition) is 3. The second-order valence-electron chi connectivity index (χ2n) is 5.25. The van der Waals surface area contributed by atoms with Gasteiger partial charge in [-0.2, -0.15) is 0 Å². The molecule has 0 aromatic rings. The van der Waals surface area contributed by atoms with Gasteiger partial charge in [0.1, 0.15) is 0 Å². The van der Waals surface area contributed by atoms with Crippen LogP contribution in [0.15, 0.2) is 0 Å². The zero-order valence-corrected chi connectivity index (χ0v) is 11.0. The van der Waals surface area contributed by atoms with Crippen molar-refractivity contribution in [2.75, 3.05) is 6.54 Å². The van der Waals surface area contributed by atoms with Crippen LogP contribution < -0.4 is 16.8 Å². The molecule has 0 saturated heterocycles. The van der Waals surface area contributed by atoms with E-state index in [9.17, 15) is 9.59 Å². The van der Waals surface area contributed by atoms with E-state index in [0.29, 0.717) is 37.8 Å². The molecule has 1 fully saturated rings. The van der Waals surface area contributed by atoms with Crippen molar-refractivity contribution in [2.24, 2.45) is 17.4 Å². The maximum absolute atomic E-state index is 11.6. The standard InChI is InChI=1S/C13H25N3O2/c14-11-4-1-3-10(9-11)6-7-13(18)16-8-2-5-12(15)17/h10-11H,1-9,14H2,(H2,15,17)(H,16,18). The van der Waals surface area contributed by atoms with Gasteiger partial charge in [0.15, 0.2) is 0 Å². The Labute approximate surface area is 109 Å². The molecular formula is C13H25N3O2. The molecule has 0 aliphatic heterocycles. The molecule has 0 bridgehead atoms. The van der Waals surface area contributed by atoms with Crippen LogP contribution in [-0.4, -0.2) is 24.4 Å². The van der Waals surface area contributed by atoms with E-state index in [4.69, 9.17) is 11.5 Å². The third-order valence-electron chi connectivity index (χ3n) is 3.53. The zero-order valence-electron chi connectivity index (χ0n) is 11.0. The average molecular weight is 255 g/mol. The molecule has 1 rings (SSSR count). The van der Waals surface area contributed by atoms with Crippen LogP contribution in [0.4, 0.5) is 0 Å². The third-order valence-corrected chi connectivity index (χ3v) is 3.53. The number of nitrogens with two attached hydrogens (primary N) is 2. The summed E-state index contributed by atoms with van der Waals surface area (Å²) in [5.41, 5.74) is 10.9. The number of carbonyl (C=O) groups excluding carboxylic acids is 2. The Bertz CT molecular complexity index is 281. The Morgan fingerprint density at radius 1 is 1.22 bits per heavy atom. The number of hydrogen-bond donors (Lipinski definition) is 3.